The fraction of sp³-hybridized carbons (Fsp3) is 0.643. The molecule has 1 saturated carbocycles. The Bertz CT molecular complexity index is 548. The molecule has 2 rings (SSSR count). The monoisotopic (exact) mass is 297 g/mol. The van der Waals surface area contributed by atoms with Gasteiger partial charge in [-0.2, -0.15) is 0 Å². The molecule has 1 aliphatic carbocycles. The summed E-state index contributed by atoms with van der Waals surface area (Å²) in [6, 6.07) is 3.37. The first-order valence-corrected chi connectivity index (χ1v) is 8.53. The fourth-order valence-corrected chi connectivity index (χ4v) is 3.63. The molecule has 6 heteroatoms. The Morgan fingerprint density at radius 1 is 1.35 bits per heavy atom. The topological polar surface area (TPSA) is 71.1 Å². The van der Waals surface area contributed by atoms with Crippen LogP contribution in [0.5, 0.6) is 0 Å². The van der Waals surface area contributed by atoms with E-state index < -0.39 is 15.6 Å². The molecule has 1 heterocycles. The van der Waals surface area contributed by atoms with Crippen LogP contribution in [0.3, 0.4) is 0 Å². The number of nitrogens with zero attached hydrogens (tertiary/aromatic N) is 1. The standard InChI is InChI=1S/C14H23N3O2S/c1-4-15-9-11-5-8-13(16-10-11)20(18,19)17-14(2,3)12-6-7-12/h5,8,10,12,15,17H,4,6-7,9H2,1-3H3. The van der Waals surface area contributed by atoms with Gasteiger partial charge in [0.1, 0.15) is 0 Å². The zero-order valence-electron chi connectivity index (χ0n) is 12.3. The zero-order chi connectivity index (χ0) is 14.8. The minimum Gasteiger partial charge on any atom is -0.313 e. The second-order valence-corrected chi connectivity index (χ2v) is 7.52. The highest BCUT2D eigenvalue weighted by Gasteiger charge is 2.40. The molecule has 0 amide bonds. The third-order valence-electron chi connectivity index (χ3n) is 3.65. The summed E-state index contributed by atoms with van der Waals surface area (Å²) in [6.07, 6.45) is 3.79. The summed E-state index contributed by atoms with van der Waals surface area (Å²) >= 11 is 0. The van der Waals surface area contributed by atoms with E-state index in [0.717, 1.165) is 24.9 Å². The fourth-order valence-electron chi connectivity index (χ4n) is 2.23. The van der Waals surface area contributed by atoms with Crippen LogP contribution < -0.4 is 10.0 Å². The van der Waals surface area contributed by atoms with E-state index in [1.54, 1.807) is 18.3 Å². The lowest BCUT2D eigenvalue weighted by Crippen LogP contribution is -2.45. The SMILES string of the molecule is CCNCc1ccc(S(=O)(=O)NC(C)(C)C2CC2)nc1. The number of rotatable bonds is 7. The van der Waals surface area contributed by atoms with E-state index in [2.05, 4.69) is 15.0 Å². The van der Waals surface area contributed by atoms with Gasteiger partial charge < -0.3 is 5.32 Å². The zero-order valence-corrected chi connectivity index (χ0v) is 13.1. The third kappa shape index (κ3) is 3.77. The molecule has 2 N–H and O–H groups in total. The lowest BCUT2D eigenvalue weighted by atomic mass is 10.0. The Morgan fingerprint density at radius 2 is 2.05 bits per heavy atom. The molecule has 0 unspecified atom stereocenters. The minimum atomic E-state index is -3.54. The Balaban J connectivity index is 2.09. The number of hydrogen-bond acceptors (Lipinski definition) is 4. The average Bonchev–Trinajstić information content (AvgIpc) is 3.20. The average molecular weight is 297 g/mol. The van der Waals surface area contributed by atoms with Crippen LogP contribution in [-0.2, 0) is 16.6 Å². The van der Waals surface area contributed by atoms with Crippen molar-refractivity contribution in [3.8, 4) is 0 Å². The molecule has 112 valence electrons. The molecule has 1 fully saturated rings. The predicted molar refractivity (Wildman–Crippen MR) is 78.7 cm³/mol. The van der Waals surface area contributed by atoms with Gasteiger partial charge in [0, 0.05) is 18.3 Å². The van der Waals surface area contributed by atoms with Gasteiger partial charge in [-0.15, -0.1) is 0 Å². The molecule has 0 atom stereocenters. The number of pyridine rings is 1. The smallest absolute Gasteiger partial charge is 0.258 e. The van der Waals surface area contributed by atoms with Crippen molar-refractivity contribution in [2.45, 2.75) is 50.7 Å². The molecule has 0 radical (unpaired) electrons. The molecular formula is C14H23N3O2S. The molecule has 0 spiro atoms. The highest BCUT2D eigenvalue weighted by molar-refractivity contribution is 7.89. The van der Waals surface area contributed by atoms with E-state index in [-0.39, 0.29) is 5.03 Å². The third-order valence-corrected chi connectivity index (χ3v) is 5.23. The van der Waals surface area contributed by atoms with E-state index in [1.165, 1.54) is 0 Å². The lowest BCUT2D eigenvalue weighted by Gasteiger charge is -2.25. The van der Waals surface area contributed by atoms with Crippen LogP contribution >= 0.6 is 0 Å². The second kappa shape index (κ2) is 5.79. The molecule has 0 aromatic carbocycles. The number of nitrogens with one attached hydrogen (secondary N) is 2. The van der Waals surface area contributed by atoms with E-state index in [4.69, 9.17) is 0 Å². The molecule has 1 aromatic heterocycles. The van der Waals surface area contributed by atoms with Crippen LogP contribution in [0.4, 0.5) is 0 Å². The van der Waals surface area contributed by atoms with Crippen molar-refractivity contribution in [1.82, 2.24) is 15.0 Å². The Kier molecular flexibility index (Phi) is 4.46. The Hall–Kier alpha value is -0.980. The van der Waals surface area contributed by atoms with Gasteiger partial charge in [0.05, 0.1) is 0 Å². The van der Waals surface area contributed by atoms with Crippen LogP contribution in [0.15, 0.2) is 23.4 Å². The summed E-state index contributed by atoms with van der Waals surface area (Å²) in [5.74, 6) is 0.435. The normalized spacial score (nSPS) is 16.4. The van der Waals surface area contributed by atoms with Gasteiger partial charge in [0.15, 0.2) is 5.03 Å². The maximum Gasteiger partial charge on any atom is 0.258 e. The molecule has 0 saturated heterocycles. The van der Waals surface area contributed by atoms with Crippen LogP contribution in [0.25, 0.3) is 0 Å². The van der Waals surface area contributed by atoms with Crippen LogP contribution in [0.1, 0.15) is 39.2 Å². The Labute approximate surface area is 121 Å². The summed E-state index contributed by atoms with van der Waals surface area (Å²) in [6.45, 7) is 7.46. The predicted octanol–water partition coefficient (Wildman–Crippen LogP) is 1.66. The molecular weight excluding hydrogens is 274 g/mol. The first kappa shape index (κ1) is 15.4. The molecule has 20 heavy (non-hydrogen) atoms. The van der Waals surface area contributed by atoms with Crippen LogP contribution in [0.2, 0.25) is 0 Å². The van der Waals surface area contributed by atoms with Crippen LogP contribution in [0, 0.1) is 5.92 Å². The van der Waals surface area contributed by atoms with Crippen molar-refractivity contribution >= 4 is 10.0 Å². The van der Waals surface area contributed by atoms with Crippen molar-refractivity contribution in [1.29, 1.82) is 0 Å². The number of sulfonamides is 1. The molecule has 0 aliphatic heterocycles. The van der Waals surface area contributed by atoms with Gasteiger partial charge in [-0.3, -0.25) is 0 Å². The quantitative estimate of drug-likeness (QED) is 0.803. The first-order chi connectivity index (χ1) is 9.35. The number of hydrogen-bond donors (Lipinski definition) is 2. The summed E-state index contributed by atoms with van der Waals surface area (Å²) in [4.78, 5) is 4.08. The van der Waals surface area contributed by atoms with Gasteiger partial charge in [0.25, 0.3) is 10.0 Å². The van der Waals surface area contributed by atoms with Gasteiger partial charge in [-0.25, -0.2) is 18.1 Å². The van der Waals surface area contributed by atoms with Crippen molar-refractivity contribution in [2.24, 2.45) is 5.92 Å². The van der Waals surface area contributed by atoms with Crippen LogP contribution in [-0.4, -0.2) is 25.5 Å². The van der Waals surface area contributed by atoms with Gasteiger partial charge in [-0.1, -0.05) is 13.0 Å². The minimum absolute atomic E-state index is 0.0893. The van der Waals surface area contributed by atoms with Crippen molar-refractivity contribution in [2.75, 3.05) is 6.54 Å². The summed E-state index contributed by atoms with van der Waals surface area (Å²) in [7, 11) is -3.54. The number of aromatic nitrogens is 1. The van der Waals surface area contributed by atoms with Crippen molar-refractivity contribution < 1.29 is 8.42 Å². The first-order valence-electron chi connectivity index (χ1n) is 7.05. The maximum absolute atomic E-state index is 12.3. The van der Waals surface area contributed by atoms with Crippen molar-refractivity contribution in [3.05, 3.63) is 23.9 Å². The summed E-state index contributed by atoms with van der Waals surface area (Å²) in [5.41, 5.74) is 0.579. The van der Waals surface area contributed by atoms with E-state index in [0.29, 0.717) is 12.5 Å². The molecule has 5 nitrogen and oxygen atoms in total. The van der Waals surface area contributed by atoms with Gasteiger partial charge in [0.2, 0.25) is 0 Å². The summed E-state index contributed by atoms with van der Waals surface area (Å²) in [5, 5.41) is 3.27. The van der Waals surface area contributed by atoms with Gasteiger partial charge >= 0.3 is 0 Å². The van der Waals surface area contributed by atoms with E-state index in [1.807, 2.05) is 20.8 Å². The second-order valence-electron chi connectivity index (χ2n) is 5.89. The summed E-state index contributed by atoms with van der Waals surface area (Å²) < 4.78 is 27.4. The molecule has 0 bridgehead atoms. The van der Waals surface area contributed by atoms with Gasteiger partial charge in [-0.05, 0) is 50.8 Å². The largest absolute Gasteiger partial charge is 0.313 e. The van der Waals surface area contributed by atoms with E-state index in [9.17, 15) is 8.42 Å². The highest BCUT2D eigenvalue weighted by atomic mass is 32.2. The Morgan fingerprint density at radius 3 is 2.55 bits per heavy atom. The molecule has 1 aromatic rings. The lowest BCUT2D eigenvalue weighted by molar-refractivity contribution is 0.400. The maximum atomic E-state index is 12.3. The van der Waals surface area contributed by atoms with E-state index >= 15 is 0 Å². The molecule has 1 aliphatic rings. The van der Waals surface area contributed by atoms with Crippen molar-refractivity contribution in [3.63, 3.8) is 0 Å². The highest BCUT2D eigenvalue weighted by Crippen LogP contribution is 2.39.